The zero-order valence-electron chi connectivity index (χ0n) is 14.0. The van der Waals surface area contributed by atoms with Crippen LogP contribution in [-0.4, -0.2) is 33.8 Å². The van der Waals surface area contributed by atoms with E-state index in [0.717, 1.165) is 23.8 Å². The minimum Gasteiger partial charge on any atom is -0.377 e. The van der Waals surface area contributed by atoms with E-state index in [1.54, 1.807) is 0 Å². The van der Waals surface area contributed by atoms with Gasteiger partial charge in [-0.15, -0.1) is 0 Å². The molecule has 0 N–H and O–H groups in total. The van der Waals surface area contributed by atoms with Crippen molar-refractivity contribution in [3.05, 3.63) is 79.4 Å². The topological polar surface area (TPSA) is 35.0 Å². The Labute approximate surface area is 163 Å². The van der Waals surface area contributed by atoms with Gasteiger partial charge >= 0.3 is 0 Å². The molecule has 2 heterocycles. The minimum absolute atomic E-state index is 0.732. The van der Waals surface area contributed by atoms with E-state index < -0.39 is 7.26 Å². The van der Waals surface area contributed by atoms with Crippen LogP contribution in [-0.2, 0) is 4.74 Å². The van der Waals surface area contributed by atoms with Crippen molar-refractivity contribution in [2.24, 2.45) is 0 Å². The number of halogens is 1. The maximum atomic E-state index is 5.88. The van der Waals surface area contributed by atoms with Crippen LogP contribution >= 0.6 is 29.9 Å². The molecule has 0 aliphatic heterocycles. The summed E-state index contributed by atoms with van der Waals surface area (Å²) >= 11 is 2.35. The molecule has 0 aliphatic rings. The highest BCUT2D eigenvalue weighted by Gasteiger charge is 2.45. The van der Waals surface area contributed by atoms with Crippen LogP contribution < -0.4 is 15.9 Å². The minimum atomic E-state index is -1.85. The normalized spacial score (nSPS) is 11.4. The van der Waals surface area contributed by atoms with E-state index in [1.165, 1.54) is 15.9 Å². The number of benzene rings is 1. The summed E-state index contributed by atoms with van der Waals surface area (Å²) in [7, 11) is -1.85. The average Bonchev–Trinajstić information content (AvgIpc) is 2.70. The number of alkyl halides is 1. The fourth-order valence-electron chi connectivity index (χ4n) is 3.03. The molecule has 0 spiro atoms. The van der Waals surface area contributed by atoms with Crippen LogP contribution in [0.5, 0.6) is 0 Å². The average molecular weight is 459 g/mol. The first-order chi connectivity index (χ1) is 12.4. The molecule has 0 radical (unpaired) electrons. The van der Waals surface area contributed by atoms with Crippen LogP contribution in [0.25, 0.3) is 0 Å². The van der Waals surface area contributed by atoms with Crippen LogP contribution in [0.4, 0.5) is 0 Å². The van der Waals surface area contributed by atoms with Gasteiger partial charge in [-0.3, -0.25) is 9.97 Å². The number of ether oxygens (including phenoxy) is 1. The van der Waals surface area contributed by atoms with Crippen LogP contribution in [0.1, 0.15) is 0 Å². The molecule has 3 rings (SSSR count). The molecule has 0 bridgehead atoms. The lowest BCUT2D eigenvalue weighted by Crippen LogP contribution is -2.35. The molecule has 0 fully saturated rings. The highest BCUT2D eigenvalue weighted by atomic mass is 123. The van der Waals surface area contributed by atoms with Crippen LogP contribution in [0.15, 0.2) is 79.4 Å². The van der Waals surface area contributed by atoms with Gasteiger partial charge in [-0.05, 0) is 36.4 Å². The predicted molar refractivity (Wildman–Crippen MR) is 115 cm³/mol. The smallest absolute Gasteiger partial charge is 0.123 e. The van der Waals surface area contributed by atoms with Crippen molar-refractivity contribution in [2.45, 2.75) is 0 Å². The summed E-state index contributed by atoms with van der Waals surface area (Å²) < 4.78 is 6.89. The third-order valence-electron chi connectivity index (χ3n) is 4.16. The first kappa shape index (κ1) is 18.4. The third kappa shape index (κ3) is 4.25. The van der Waals surface area contributed by atoms with E-state index in [2.05, 4.69) is 75.0 Å². The summed E-state index contributed by atoms with van der Waals surface area (Å²) in [6, 6.07) is 19.2. The molecule has 0 atom stereocenters. The molecule has 3 aromatic rings. The molecule has 0 saturated carbocycles. The second-order valence-electron chi connectivity index (χ2n) is 5.59. The molecular formula is C20H21IN2OP+. The molecule has 0 amide bonds. The summed E-state index contributed by atoms with van der Waals surface area (Å²) in [5, 5.41) is 3.88. The molecule has 0 aliphatic carbocycles. The molecule has 25 heavy (non-hydrogen) atoms. The van der Waals surface area contributed by atoms with E-state index >= 15 is 0 Å². The Morgan fingerprint density at radius 1 is 0.760 bits per heavy atom. The van der Waals surface area contributed by atoms with Crippen molar-refractivity contribution in [1.82, 2.24) is 9.97 Å². The molecule has 2 aromatic heterocycles. The monoisotopic (exact) mass is 459 g/mol. The van der Waals surface area contributed by atoms with E-state index in [0.29, 0.717) is 0 Å². The number of pyridine rings is 2. The maximum Gasteiger partial charge on any atom is 0.123 e. The second-order valence-corrected chi connectivity index (χ2v) is 10.3. The van der Waals surface area contributed by atoms with Crippen molar-refractivity contribution in [2.75, 3.05) is 23.8 Å². The van der Waals surface area contributed by atoms with Gasteiger partial charge in [0.25, 0.3) is 0 Å². The van der Waals surface area contributed by atoms with Gasteiger partial charge in [0.2, 0.25) is 0 Å². The van der Waals surface area contributed by atoms with Gasteiger partial charge in [-0.1, -0.05) is 40.8 Å². The Kier molecular flexibility index (Phi) is 6.91. The molecule has 3 nitrogen and oxygen atoms in total. The molecule has 5 heteroatoms. The third-order valence-corrected chi connectivity index (χ3v) is 8.93. The Hall–Kier alpha value is -1.36. The van der Waals surface area contributed by atoms with Gasteiger partial charge in [-0.2, -0.15) is 0 Å². The zero-order valence-corrected chi connectivity index (χ0v) is 17.0. The fraction of sp³-hybridized carbons (Fsp3) is 0.200. The number of rotatable bonds is 8. The van der Waals surface area contributed by atoms with E-state index in [-0.39, 0.29) is 0 Å². The Morgan fingerprint density at radius 2 is 1.36 bits per heavy atom. The molecule has 1 aromatic carbocycles. The fourth-order valence-corrected chi connectivity index (χ4v) is 7.31. The summed E-state index contributed by atoms with van der Waals surface area (Å²) in [6.45, 7) is 1.52. The van der Waals surface area contributed by atoms with Gasteiger partial charge in [-0.25, -0.2) is 0 Å². The Morgan fingerprint density at radius 3 is 1.88 bits per heavy atom. The van der Waals surface area contributed by atoms with Crippen LogP contribution in [0.2, 0.25) is 0 Å². The predicted octanol–water partition coefficient (Wildman–Crippen LogP) is 3.22. The largest absolute Gasteiger partial charge is 0.377 e. The summed E-state index contributed by atoms with van der Waals surface area (Å²) in [6.07, 6.45) is 8.63. The van der Waals surface area contributed by atoms with Gasteiger partial charge < -0.3 is 4.74 Å². The van der Waals surface area contributed by atoms with Crippen molar-refractivity contribution < 1.29 is 4.74 Å². The SMILES string of the molecule is [123I]CCOCC[P+](c1ccccc1)(c1cccnc1)c1cccnc1. The lowest BCUT2D eigenvalue weighted by molar-refractivity contribution is 0.168. The molecule has 0 unspecified atom stereocenters. The number of nitrogens with zero attached hydrogens (tertiary/aromatic N) is 2. The summed E-state index contributed by atoms with van der Waals surface area (Å²) in [5.74, 6) is 0. The van der Waals surface area contributed by atoms with Crippen LogP contribution in [0, 0.1) is 0 Å². The lowest BCUT2D eigenvalue weighted by Gasteiger charge is -2.26. The Balaban J connectivity index is 2.13. The van der Waals surface area contributed by atoms with Gasteiger partial charge in [0.1, 0.15) is 23.2 Å². The maximum absolute atomic E-state index is 5.88. The highest BCUT2D eigenvalue weighted by Crippen LogP contribution is 2.54. The van der Waals surface area contributed by atoms with Gasteiger partial charge in [0.05, 0.1) is 31.8 Å². The standard InChI is InChI=1S/C20H21IN2OP/c21-10-13-24-14-15-25(18-6-2-1-3-7-18,19-8-4-11-22-16-19)20-9-5-12-23-17-20/h1-9,11-12,16-17H,10,13-15H2/q+1/i21-4. The number of hydrogen-bond donors (Lipinski definition) is 0. The lowest BCUT2D eigenvalue weighted by atomic mass is 10.4. The molecule has 0 saturated heterocycles. The van der Waals surface area contributed by atoms with Crippen LogP contribution in [0.3, 0.4) is 0 Å². The summed E-state index contributed by atoms with van der Waals surface area (Å²) in [4.78, 5) is 8.82. The first-order valence-electron chi connectivity index (χ1n) is 8.26. The van der Waals surface area contributed by atoms with E-state index in [9.17, 15) is 0 Å². The van der Waals surface area contributed by atoms with Gasteiger partial charge in [0.15, 0.2) is 0 Å². The molecule has 128 valence electrons. The Bertz CT molecular complexity index is 660. The van der Waals surface area contributed by atoms with Crippen molar-refractivity contribution in [1.29, 1.82) is 0 Å². The number of hydrogen-bond acceptors (Lipinski definition) is 3. The van der Waals surface area contributed by atoms with Crippen molar-refractivity contribution in [3.8, 4) is 0 Å². The highest BCUT2D eigenvalue weighted by molar-refractivity contribution is 14.1. The first-order valence-corrected chi connectivity index (χ1v) is 11.8. The summed E-state index contributed by atoms with van der Waals surface area (Å²) in [5.41, 5.74) is 0. The van der Waals surface area contributed by atoms with Gasteiger partial charge in [0, 0.05) is 16.8 Å². The second kappa shape index (κ2) is 9.37. The van der Waals surface area contributed by atoms with Crippen molar-refractivity contribution >= 4 is 45.8 Å². The zero-order chi connectivity index (χ0) is 17.4. The van der Waals surface area contributed by atoms with E-state index in [1.807, 2.05) is 36.9 Å². The molecular weight excluding hydrogens is 438 g/mol. The quantitative estimate of drug-likeness (QED) is 0.225. The van der Waals surface area contributed by atoms with E-state index in [4.69, 9.17) is 4.74 Å². The van der Waals surface area contributed by atoms with Crippen molar-refractivity contribution in [3.63, 3.8) is 0 Å². The number of aromatic nitrogens is 2.